The number of carbonyl (C=O) groups is 1. The molecule has 0 radical (unpaired) electrons. The lowest BCUT2D eigenvalue weighted by Crippen LogP contribution is -2.41. The van der Waals surface area contributed by atoms with Crippen molar-refractivity contribution in [2.24, 2.45) is 7.05 Å². The standard InChI is InChI=1S/C16H24N6O2/c1-9(7-13-10(2)20-22(4)11(13)3)18-16(23)17-8-14-19-15(21-24-14)12-5-6-12/h9,12H,5-8H2,1-4H3,(H2,17,18,23)/t9-/m1/s1. The van der Waals surface area contributed by atoms with Crippen molar-refractivity contribution >= 4 is 6.03 Å². The van der Waals surface area contributed by atoms with Crippen LogP contribution in [0.5, 0.6) is 0 Å². The monoisotopic (exact) mass is 332 g/mol. The summed E-state index contributed by atoms with van der Waals surface area (Å²) in [5, 5.41) is 14.0. The van der Waals surface area contributed by atoms with E-state index in [9.17, 15) is 4.79 Å². The van der Waals surface area contributed by atoms with Crippen molar-refractivity contribution < 1.29 is 9.32 Å². The van der Waals surface area contributed by atoms with Gasteiger partial charge in [-0.05, 0) is 45.6 Å². The lowest BCUT2D eigenvalue weighted by Gasteiger charge is -2.14. The Kier molecular flexibility index (Phi) is 4.55. The molecule has 3 rings (SSSR count). The average molecular weight is 332 g/mol. The number of aryl methyl sites for hydroxylation is 2. The lowest BCUT2D eigenvalue weighted by molar-refractivity contribution is 0.235. The van der Waals surface area contributed by atoms with E-state index in [1.165, 1.54) is 5.56 Å². The maximum Gasteiger partial charge on any atom is 0.315 e. The Morgan fingerprint density at radius 2 is 2.17 bits per heavy atom. The highest BCUT2D eigenvalue weighted by atomic mass is 16.5. The third-order valence-corrected chi connectivity index (χ3v) is 4.37. The van der Waals surface area contributed by atoms with Crippen LogP contribution in [0, 0.1) is 13.8 Å². The molecule has 2 amide bonds. The molecule has 2 N–H and O–H groups in total. The molecule has 24 heavy (non-hydrogen) atoms. The maximum atomic E-state index is 12.0. The van der Waals surface area contributed by atoms with Gasteiger partial charge >= 0.3 is 6.03 Å². The minimum absolute atomic E-state index is 0.00342. The predicted molar refractivity (Wildman–Crippen MR) is 87.5 cm³/mol. The lowest BCUT2D eigenvalue weighted by atomic mass is 10.1. The Bertz CT molecular complexity index is 731. The molecule has 0 aromatic carbocycles. The molecule has 1 aliphatic carbocycles. The van der Waals surface area contributed by atoms with E-state index in [2.05, 4.69) is 25.9 Å². The summed E-state index contributed by atoms with van der Waals surface area (Å²) in [7, 11) is 1.93. The van der Waals surface area contributed by atoms with Gasteiger partial charge in [-0.3, -0.25) is 4.68 Å². The number of carbonyl (C=O) groups excluding carboxylic acids is 1. The smallest absolute Gasteiger partial charge is 0.315 e. The summed E-state index contributed by atoms with van der Waals surface area (Å²) in [4.78, 5) is 16.3. The molecule has 1 aliphatic rings. The molecule has 8 nitrogen and oxygen atoms in total. The van der Waals surface area contributed by atoms with E-state index < -0.39 is 0 Å². The first-order valence-electron chi connectivity index (χ1n) is 8.30. The van der Waals surface area contributed by atoms with Crippen LogP contribution in [0.2, 0.25) is 0 Å². The van der Waals surface area contributed by atoms with Crippen molar-refractivity contribution in [1.29, 1.82) is 0 Å². The van der Waals surface area contributed by atoms with E-state index in [0.717, 1.165) is 36.5 Å². The van der Waals surface area contributed by atoms with Crippen molar-refractivity contribution in [2.45, 2.75) is 58.5 Å². The summed E-state index contributed by atoms with van der Waals surface area (Å²) < 4.78 is 7.00. The SMILES string of the molecule is Cc1nn(C)c(C)c1C[C@@H](C)NC(=O)NCc1nc(C2CC2)no1. The number of hydrogen-bond donors (Lipinski definition) is 2. The van der Waals surface area contributed by atoms with Crippen LogP contribution >= 0.6 is 0 Å². The third kappa shape index (κ3) is 3.74. The molecule has 8 heteroatoms. The van der Waals surface area contributed by atoms with Crippen molar-refractivity contribution in [3.8, 4) is 0 Å². The van der Waals surface area contributed by atoms with Crippen LogP contribution < -0.4 is 10.6 Å². The van der Waals surface area contributed by atoms with Gasteiger partial charge in [0.05, 0.1) is 12.2 Å². The van der Waals surface area contributed by atoms with E-state index >= 15 is 0 Å². The Morgan fingerprint density at radius 1 is 1.42 bits per heavy atom. The van der Waals surface area contributed by atoms with Gasteiger partial charge in [-0.25, -0.2) is 4.79 Å². The van der Waals surface area contributed by atoms with Crippen LogP contribution in [0.15, 0.2) is 4.52 Å². The largest absolute Gasteiger partial charge is 0.337 e. The molecule has 0 aliphatic heterocycles. The van der Waals surface area contributed by atoms with Gasteiger partial charge in [0, 0.05) is 24.7 Å². The highest BCUT2D eigenvalue weighted by molar-refractivity contribution is 5.74. The first kappa shape index (κ1) is 16.5. The molecule has 2 aromatic rings. The molecule has 0 unspecified atom stereocenters. The second-order valence-electron chi connectivity index (χ2n) is 6.53. The molecule has 130 valence electrons. The van der Waals surface area contributed by atoms with E-state index in [1.54, 1.807) is 0 Å². The summed E-state index contributed by atoms with van der Waals surface area (Å²) in [5.41, 5.74) is 3.30. The normalized spacial score (nSPS) is 15.3. The zero-order chi connectivity index (χ0) is 17.3. The van der Waals surface area contributed by atoms with Gasteiger partial charge in [0.2, 0.25) is 5.89 Å². The molecule has 1 saturated carbocycles. The molecule has 2 aromatic heterocycles. The van der Waals surface area contributed by atoms with Crippen molar-refractivity contribution in [3.05, 3.63) is 28.7 Å². The number of amides is 2. The highest BCUT2D eigenvalue weighted by Gasteiger charge is 2.28. The second kappa shape index (κ2) is 6.62. The Hall–Kier alpha value is -2.38. The third-order valence-electron chi connectivity index (χ3n) is 4.37. The summed E-state index contributed by atoms with van der Waals surface area (Å²) >= 11 is 0. The van der Waals surface area contributed by atoms with Crippen molar-refractivity contribution in [3.63, 3.8) is 0 Å². The summed E-state index contributed by atoms with van der Waals surface area (Å²) in [6, 6.07) is -0.246. The van der Waals surface area contributed by atoms with Gasteiger partial charge < -0.3 is 15.2 Å². The van der Waals surface area contributed by atoms with E-state index in [-0.39, 0.29) is 18.6 Å². The highest BCUT2D eigenvalue weighted by Crippen LogP contribution is 2.38. The molecular weight excluding hydrogens is 308 g/mol. The first-order valence-corrected chi connectivity index (χ1v) is 8.30. The number of hydrogen-bond acceptors (Lipinski definition) is 5. The number of rotatable bonds is 6. The van der Waals surface area contributed by atoms with Crippen molar-refractivity contribution in [2.75, 3.05) is 0 Å². The van der Waals surface area contributed by atoms with E-state index in [0.29, 0.717) is 11.8 Å². The minimum atomic E-state index is -0.243. The molecule has 0 bridgehead atoms. The second-order valence-corrected chi connectivity index (χ2v) is 6.53. The fourth-order valence-corrected chi connectivity index (χ4v) is 2.75. The average Bonchev–Trinajstić information content (AvgIpc) is 3.22. The maximum absolute atomic E-state index is 12.0. The van der Waals surface area contributed by atoms with Crippen LogP contribution in [-0.2, 0) is 20.0 Å². The molecule has 1 fully saturated rings. The van der Waals surface area contributed by atoms with Crippen LogP contribution in [0.3, 0.4) is 0 Å². The van der Waals surface area contributed by atoms with Gasteiger partial charge in [-0.2, -0.15) is 10.1 Å². The fraction of sp³-hybridized carbons (Fsp3) is 0.625. The number of aromatic nitrogens is 4. The van der Waals surface area contributed by atoms with Gasteiger partial charge in [0.1, 0.15) is 0 Å². The van der Waals surface area contributed by atoms with Gasteiger partial charge in [0.15, 0.2) is 5.82 Å². The van der Waals surface area contributed by atoms with E-state index in [4.69, 9.17) is 4.52 Å². The Labute approximate surface area is 141 Å². The molecule has 0 saturated heterocycles. The van der Waals surface area contributed by atoms with Crippen LogP contribution in [0.25, 0.3) is 0 Å². The number of nitrogens with one attached hydrogen (secondary N) is 2. The number of urea groups is 1. The molecule has 0 spiro atoms. The summed E-state index contributed by atoms with van der Waals surface area (Å²) in [5.74, 6) is 1.64. The topological polar surface area (TPSA) is 97.9 Å². The van der Waals surface area contributed by atoms with Gasteiger partial charge in [0.25, 0.3) is 0 Å². The van der Waals surface area contributed by atoms with Crippen LogP contribution in [0.1, 0.15) is 54.3 Å². The van der Waals surface area contributed by atoms with E-state index in [1.807, 2.05) is 32.5 Å². The number of nitrogens with zero attached hydrogens (tertiary/aromatic N) is 4. The Balaban J connectivity index is 1.46. The molecule has 2 heterocycles. The van der Waals surface area contributed by atoms with Crippen molar-refractivity contribution in [1.82, 2.24) is 30.6 Å². The zero-order valence-corrected chi connectivity index (χ0v) is 14.6. The first-order chi connectivity index (χ1) is 11.4. The molecular formula is C16H24N6O2. The summed E-state index contributed by atoms with van der Waals surface area (Å²) in [6.45, 7) is 6.24. The molecule has 1 atom stereocenters. The summed E-state index contributed by atoms with van der Waals surface area (Å²) in [6.07, 6.45) is 2.99. The Morgan fingerprint density at radius 3 is 2.79 bits per heavy atom. The van der Waals surface area contributed by atoms with Gasteiger partial charge in [-0.1, -0.05) is 5.16 Å². The predicted octanol–water partition coefficient (Wildman–Crippen LogP) is 1.73. The quantitative estimate of drug-likeness (QED) is 0.839. The fourth-order valence-electron chi connectivity index (χ4n) is 2.75. The van der Waals surface area contributed by atoms with Gasteiger partial charge in [-0.15, -0.1) is 0 Å². The minimum Gasteiger partial charge on any atom is -0.337 e. The van der Waals surface area contributed by atoms with Crippen LogP contribution in [-0.4, -0.2) is 32.0 Å². The zero-order valence-electron chi connectivity index (χ0n) is 14.6. The van der Waals surface area contributed by atoms with Crippen LogP contribution in [0.4, 0.5) is 4.79 Å².